The lowest BCUT2D eigenvalue weighted by Gasteiger charge is -2.34. The molecule has 1 fully saturated rings. The zero-order valence-electron chi connectivity index (χ0n) is 11.5. The Morgan fingerprint density at radius 2 is 2.11 bits per heavy atom. The lowest BCUT2D eigenvalue weighted by atomic mass is 9.89. The summed E-state index contributed by atoms with van der Waals surface area (Å²) in [7, 11) is 0. The standard InChI is InChI=1S/C15H21Cl2NO/c1-10(2)18-15-5-6-19-9-12(15)7-11-3-4-13(16)14(17)8-11/h3-4,8,10,12,15,18H,5-7,9H2,1-2H3/t12-,15+/m1/s1. The van der Waals surface area contributed by atoms with Crippen LogP contribution in [0.3, 0.4) is 0 Å². The average Bonchev–Trinajstić information content (AvgIpc) is 2.36. The van der Waals surface area contributed by atoms with Gasteiger partial charge >= 0.3 is 0 Å². The van der Waals surface area contributed by atoms with Crippen LogP contribution >= 0.6 is 23.2 Å². The van der Waals surface area contributed by atoms with Crippen molar-refractivity contribution in [3.05, 3.63) is 33.8 Å². The fraction of sp³-hybridized carbons (Fsp3) is 0.600. The Kier molecular flexibility index (Phi) is 5.52. The van der Waals surface area contributed by atoms with Gasteiger partial charge in [-0.2, -0.15) is 0 Å². The third-order valence-corrected chi connectivity index (χ3v) is 4.24. The Morgan fingerprint density at radius 3 is 2.79 bits per heavy atom. The summed E-state index contributed by atoms with van der Waals surface area (Å²) in [6.07, 6.45) is 2.05. The van der Waals surface area contributed by atoms with Crippen molar-refractivity contribution in [2.24, 2.45) is 5.92 Å². The molecule has 4 heteroatoms. The molecule has 0 bridgehead atoms. The minimum atomic E-state index is 0.494. The van der Waals surface area contributed by atoms with Crippen molar-refractivity contribution < 1.29 is 4.74 Å². The van der Waals surface area contributed by atoms with Gasteiger partial charge in [0.2, 0.25) is 0 Å². The van der Waals surface area contributed by atoms with Gasteiger partial charge in [-0.1, -0.05) is 43.1 Å². The Hall–Kier alpha value is -0.280. The first-order valence-corrected chi connectivity index (χ1v) is 7.59. The van der Waals surface area contributed by atoms with Gasteiger partial charge in [0.05, 0.1) is 16.7 Å². The van der Waals surface area contributed by atoms with Crippen LogP contribution in [0.4, 0.5) is 0 Å². The summed E-state index contributed by atoms with van der Waals surface area (Å²) in [5.41, 5.74) is 1.22. The van der Waals surface area contributed by atoms with E-state index >= 15 is 0 Å². The van der Waals surface area contributed by atoms with Gasteiger partial charge in [-0.3, -0.25) is 0 Å². The van der Waals surface area contributed by atoms with E-state index < -0.39 is 0 Å². The van der Waals surface area contributed by atoms with Crippen LogP contribution in [0.15, 0.2) is 18.2 Å². The van der Waals surface area contributed by atoms with Crippen LogP contribution in [0, 0.1) is 5.92 Å². The molecule has 1 N–H and O–H groups in total. The van der Waals surface area contributed by atoms with Crippen molar-refractivity contribution in [1.82, 2.24) is 5.32 Å². The third kappa shape index (κ3) is 4.35. The summed E-state index contributed by atoms with van der Waals surface area (Å²) >= 11 is 12.0. The molecule has 1 aromatic carbocycles. The maximum absolute atomic E-state index is 6.07. The number of nitrogens with one attached hydrogen (secondary N) is 1. The van der Waals surface area contributed by atoms with E-state index in [1.54, 1.807) is 0 Å². The van der Waals surface area contributed by atoms with Gasteiger partial charge in [-0.05, 0) is 30.5 Å². The Bertz CT molecular complexity index is 423. The number of ether oxygens (including phenoxy) is 1. The minimum absolute atomic E-state index is 0.494. The van der Waals surface area contributed by atoms with E-state index in [0.717, 1.165) is 26.1 Å². The maximum Gasteiger partial charge on any atom is 0.0595 e. The molecule has 1 heterocycles. The molecule has 0 saturated carbocycles. The number of hydrogen-bond donors (Lipinski definition) is 1. The summed E-state index contributed by atoms with van der Waals surface area (Å²) < 4.78 is 5.62. The fourth-order valence-electron chi connectivity index (χ4n) is 2.61. The summed E-state index contributed by atoms with van der Waals surface area (Å²) in [4.78, 5) is 0. The molecule has 1 aliphatic heterocycles. The summed E-state index contributed by atoms with van der Waals surface area (Å²) in [6.45, 7) is 6.03. The molecule has 19 heavy (non-hydrogen) atoms. The number of benzene rings is 1. The first-order chi connectivity index (χ1) is 9.06. The highest BCUT2D eigenvalue weighted by Gasteiger charge is 2.26. The number of halogens is 2. The highest BCUT2D eigenvalue weighted by atomic mass is 35.5. The zero-order chi connectivity index (χ0) is 13.8. The molecule has 2 nitrogen and oxygen atoms in total. The second-order valence-corrected chi connectivity index (χ2v) is 6.32. The van der Waals surface area contributed by atoms with E-state index in [2.05, 4.69) is 25.2 Å². The normalized spacial score (nSPS) is 23.8. The van der Waals surface area contributed by atoms with Crippen molar-refractivity contribution in [2.75, 3.05) is 13.2 Å². The molecular weight excluding hydrogens is 281 g/mol. The van der Waals surface area contributed by atoms with Gasteiger partial charge in [-0.15, -0.1) is 0 Å². The molecule has 1 aromatic rings. The number of hydrogen-bond acceptors (Lipinski definition) is 2. The van der Waals surface area contributed by atoms with E-state index in [1.807, 2.05) is 12.1 Å². The smallest absolute Gasteiger partial charge is 0.0595 e. The molecule has 0 amide bonds. The van der Waals surface area contributed by atoms with E-state index in [4.69, 9.17) is 27.9 Å². The molecule has 0 aromatic heterocycles. The minimum Gasteiger partial charge on any atom is -0.381 e. The fourth-order valence-corrected chi connectivity index (χ4v) is 2.94. The van der Waals surface area contributed by atoms with Gasteiger partial charge in [0.25, 0.3) is 0 Å². The molecule has 1 aliphatic rings. The number of rotatable bonds is 4. The summed E-state index contributed by atoms with van der Waals surface area (Å²) in [5.74, 6) is 0.494. The molecule has 106 valence electrons. The molecule has 2 atom stereocenters. The maximum atomic E-state index is 6.07. The zero-order valence-corrected chi connectivity index (χ0v) is 13.0. The highest BCUT2D eigenvalue weighted by molar-refractivity contribution is 6.42. The Labute approximate surface area is 125 Å². The molecule has 0 aliphatic carbocycles. The second kappa shape index (κ2) is 6.94. The van der Waals surface area contributed by atoms with Crippen molar-refractivity contribution in [1.29, 1.82) is 0 Å². The van der Waals surface area contributed by atoms with Crippen molar-refractivity contribution in [3.8, 4) is 0 Å². The monoisotopic (exact) mass is 301 g/mol. The van der Waals surface area contributed by atoms with Gasteiger partial charge in [0, 0.05) is 24.6 Å². The van der Waals surface area contributed by atoms with Crippen LogP contribution in [-0.4, -0.2) is 25.3 Å². The quantitative estimate of drug-likeness (QED) is 0.909. The molecule has 0 radical (unpaired) electrons. The molecule has 1 saturated heterocycles. The largest absolute Gasteiger partial charge is 0.381 e. The van der Waals surface area contributed by atoms with E-state index in [0.29, 0.717) is 28.0 Å². The van der Waals surface area contributed by atoms with Crippen LogP contribution in [0.2, 0.25) is 10.0 Å². The second-order valence-electron chi connectivity index (χ2n) is 5.50. The molecule has 2 rings (SSSR count). The van der Waals surface area contributed by atoms with Crippen LogP contribution in [0.1, 0.15) is 25.8 Å². The lowest BCUT2D eigenvalue weighted by Crippen LogP contribution is -2.46. The Morgan fingerprint density at radius 1 is 1.32 bits per heavy atom. The average molecular weight is 302 g/mol. The van der Waals surface area contributed by atoms with Crippen molar-refractivity contribution in [2.45, 2.75) is 38.8 Å². The predicted molar refractivity (Wildman–Crippen MR) is 81.2 cm³/mol. The molecule has 0 spiro atoms. The first kappa shape index (κ1) is 15.1. The van der Waals surface area contributed by atoms with Crippen LogP contribution in [0.25, 0.3) is 0 Å². The van der Waals surface area contributed by atoms with Crippen LogP contribution in [-0.2, 0) is 11.2 Å². The SMILES string of the molecule is CC(C)N[C@H]1CCOC[C@H]1Cc1ccc(Cl)c(Cl)c1. The van der Waals surface area contributed by atoms with Crippen LogP contribution < -0.4 is 5.32 Å². The third-order valence-electron chi connectivity index (χ3n) is 3.50. The Balaban J connectivity index is 2.04. The first-order valence-electron chi connectivity index (χ1n) is 6.84. The van der Waals surface area contributed by atoms with Crippen molar-refractivity contribution >= 4 is 23.2 Å². The van der Waals surface area contributed by atoms with E-state index in [-0.39, 0.29) is 0 Å². The molecule has 0 unspecified atom stereocenters. The summed E-state index contributed by atoms with van der Waals surface area (Å²) in [5, 5.41) is 4.88. The topological polar surface area (TPSA) is 21.3 Å². The highest BCUT2D eigenvalue weighted by Crippen LogP contribution is 2.26. The van der Waals surface area contributed by atoms with Gasteiger partial charge in [0.15, 0.2) is 0 Å². The van der Waals surface area contributed by atoms with Gasteiger partial charge in [0.1, 0.15) is 0 Å². The molecular formula is C15H21Cl2NO. The van der Waals surface area contributed by atoms with E-state index in [9.17, 15) is 0 Å². The van der Waals surface area contributed by atoms with Gasteiger partial charge < -0.3 is 10.1 Å². The predicted octanol–water partition coefficient (Wildman–Crippen LogP) is 3.94. The lowest BCUT2D eigenvalue weighted by molar-refractivity contribution is 0.0300. The summed E-state index contributed by atoms with van der Waals surface area (Å²) in [6, 6.07) is 6.90. The van der Waals surface area contributed by atoms with Crippen molar-refractivity contribution in [3.63, 3.8) is 0 Å². The van der Waals surface area contributed by atoms with E-state index in [1.165, 1.54) is 5.56 Å². The van der Waals surface area contributed by atoms with Gasteiger partial charge in [-0.25, -0.2) is 0 Å². The van der Waals surface area contributed by atoms with Crippen LogP contribution in [0.5, 0.6) is 0 Å².